The number of pyridine rings is 1. The predicted molar refractivity (Wildman–Crippen MR) is 120 cm³/mol. The van der Waals surface area contributed by atoms with Crippen LogP contribution >= 0.6 is 11.6 Å². The van der Waals surface area contributed by atoms with Crippen LogP contribution in [0.15, 0.2) is 47.2 Å². The molecule has 0 bridgehead atoms. The van der Waals surface area contributed by atoms with E-state index in [0.717, 1.165) is 10.8 Å². The lowest BCUT2D eigenvalue weighted by atomic mass is 10.1. The summed E-state index contributed by atoms with van der Waals surface area (Å²) in [5.41, 5.74) is 2.97. The van der Waals surface area contributed by atoms with Crippen LogP contribution in [0.25, 0.3) is 21.9 Å². The highest BCUT2D eigenvalue weighted by atomic mass is 35.5. The summed E-state index contributed by atoms with van der Waals surface area (Å²) in [7, 11) is 3.18. The molecule has 8 heteroatoms. The minimum absolute atomic E-state index is 0.390. The zero-order valence-electron chi connectivity index (χ0n) is 17.1. The van der Waals surface area contributed by atoms with Crippen LogP contribution in [0.2, 0.25) is 0 Å². The van der Waals surface area contributed by atoms with Crippen LogP contribution < -0.4 is 19.5 Å². The number of fused-ring (bicyclic) bond motifs is 2. The Kier molecular flexibility index (Phi) is 6.01. The highest BCUT2D eigenvalue weighted by molar-refractivity contribution is 6.17. The second kappa shape index (κ2) is 9.02. The SMILES string of the molecule is COc1cc2c(Nc3ccc(OC)c4ccoc34)c(C#N)cnc2cc1OCCCCl. The van der Waals surface area contributed by atoms with E-state index in [4.69, 9.17) is 30.2 Å². The second-order valence-corrected chi connectivity index (χ2v) is 7.05. The van der Waals surface area contributed by atoms with Crippen LogP contribution in [0.1, 0.15) is 12.0 Å². The van der Waals surface area contributed by atoms with E-state index in [-0.39, 0.29) is 0 Å². The van der Waals surface area contributed by atoms with Gasteiger partial charge in [-0.25, -0.2) is 0 Å². The topological polar surface area (TPSA) is 89.5 Å². The van der Waals surface area contributed by atoms with Crippen molar-refractivity contribution in [3.05, 3.63) is 48.4 Å². The van der Waals surface area contributed by atoms with Crippen molar-refractivity contribution in [2.45, 2.75) is 6.42 Å². The molecule has 2 aromatic carbocycles. The summed E-state index contributed by atoms with van der Waals surface area (Å²) in [4.78, 5) is 4.43. The number of methoxy groups -OCH3 is 2. The summed E-state index contributed by atoms with van der Waals surface area (Å²) < 4.78 is 22.4. The Labute approximate surface area is 184 Å². The number of anilines is 2. The highest BCUT2D eigenvalue weighted by Gasteiger charge is 2.17. The molecular weight excluding hydrogens is 418 g/mol. The molecule has 2 heterocycles. The van der Waals surface area contributed by atoms with E-state index in [1.807, 2.05) is 24.3 Å². The van der Waals surface area contributed by atoms with Crippen molar-refractivity contribution in [1.29, 1.82) is 5.26 Å². The van der Waals surface area contributed by atoms with Gasteiger partial charge >= 0.3 is 0 Å². The van der Waals surface area contributed by atoms with Crippen LogP contribution in [-0.2, 0) is 0 Å². The minimum atomic E-state index is 0.390. The number of hydrogen-bond donors (Lipinski definition) is 1. The van der Waals surface area contributed by atoms with Gasteiger partial charge in [0.25, 0.3) is 0 Å². The van der Waals surface area contributed by atoms with Crippen LogP contribution in [0.4, 0.5) is 11.4 Å². The number of aromatic nitrogens is 1. The molecule has 4 aromatic rings. The van der Waals surface area contributed by atoms with E-state index in [2.05, 4.69) is 16.4 Å². The first-order valence-corrected chi connectivity index (χ1v) is 10.1. The fraction of sp³-hybridized carbons (Fsp3) is 0.217. The Morgan fingerprint density at radius 1 is 1.10 bits per heavy atom. The Hall–Kier alpha value is -3.63. The number of furan rings is 1. The van der Waals surface area contributed by atoms with Gasteiger partial charge in [0.15, 0.2) is 17.1 Å². The first-order valence-electron chi connectivity index (χ1n) is 9.61. The largest absolute Gasteiger partial charge is 0.496 e. The fourth-order valence-electron chi connectivity index (χ4n) is 3.38. The summed E-state index contributed by atoms with van der Waals surface area (Å²) in [5, 5.41) is 14.6. The van der Waals surface area contributed by atoms with Gasteiger partial charge in [-0.3, -0.25) is 4.98 Å². The monoisotopic (exact) mass is 437 g/mol. The maximum Gasteiger partial charge on any atom is 0.163 e. The van der Waals surface area contributed by atoms with Gasteiger partial charge in [-0.2, -0.15) is 5.26 Å². The van der Waals surface area contributed by atoms with Crippen LogP contribution in [-0.4, -0.2) is 31.7 Å². The highest BCUT2D eigenvalue weighted by Crippen LogP contribution is 2.39. The van der Waals surface area contributed by atoms with Crippen LogP contribution in [0, 0.1) is 11.3 Å². The molecule has 158 valence electrons. The lowest BCUT2D eigenvalue weighted by Gasteiger charge is -2.15. The maximum atomic E-state index is 9.69. The molecule has 0 saturated heterocycles. The third kappa shape index (κ3) is 3.90. The second-order valence-electron chi connectivity index (χ2n) is 6.67. The number of alkyl halides is 1. The smallest absolute Gasteiger partial charge is 0.163 e. The van der Waals surface area contributed by atoms with E-state index in [1.54, 1.807) is 26.5 Å². The van der Waals surface area contributed by atoms with Gasteiger partial charge in [-0.15, -0.1) is 11.6 Å². The Bertz CT molecular complexity index is 1280. The summed E-state index contributed by atoms with van der Waals surface area (Å²) >= 11 is 5.74. The lowest BCUT2D eigenvalue weighted by Crippen LogP contribution is -2.02. The molecule has 7 nitrogen and oxygen atoms in total. The number of hydrogen-bond acceptors (Lipinski definition) is 7. The normalized spacial score (nSPS) is 10.8. The number of halogens is 1. The number of benzene rings is 2. The molecule has 0 amide bonds. The first kappa shape index (κ1) is 20.6. The summed E-state index contributed by atoms with van der Waals surface area (Å²) in [6, 6.07) is 11.3. The molecule has 0 aliphatic heterocycles. The zero-order chi connectivity index (χ0) is 21.8. The molecule has 0 atom stereocenters. The van der Waals surface area contributed by atoms with Crippen molar-refractivity contribution in [2.24, 2.45) is 0 Å². The maximum absolute atomic E-state index is 9.69. The summed E-state index contributed by atoms with van der Waals surface area (Å²) in [6.07, 6.45) is 3.84. The van der Waals surface area contributed by atoms with Gasteiger partial charge in [-0.05, 0) is 30.7 Å². The Balaban J connectivity index is 1.83. The van der Waals surface area contributed by atoms with E-state index < -0.39 is 0 Å². The molecule has 0 radical (unpaired) electrons. The molecule has 0 aliphatic rings. The van der Waals surface area contributed by atoms with Gasteiger partial charge in [0.05, 0.1) is 54.9 Å². The quantitative estimate of drug-likeness (QED) is 0.282. The molecule has 31 heavy (non-hydrogen) atoms. The van der Waals surface area contributed by atoms with E-state index in [1.165, 1.54) is 6.20 Å². The molecule has 1 N–H and O–H groups in total. The standard InChI is InChI=1S/C23H20ClN3O4/c1-28-19-5-4-17(23-15(19)6-9-31-23)27-22-14(12-25)13-26-18-11-21(30-8-3-7-24)20(29-2)10-16(18)22/h4-6,9-11,13H,3,7-8H2,1-2H3,(H,26,27). The van der Waals surface area contributed by atoms with Crippen molar-refractivity contribution < 1.29 is 18.6 Å². The molecule has 4 rings (SSSR count). The van der Waals surface area contributed by atoms with Crippen molar-refractivity contribution in [3.63, 3.8) is 0 Å². The Morgan fingerprint density at radius 3 is 2.68 bits per heavy atom. The van der Waals surface area contributed by atoms with Gasteiger partial charge in [0, 0.05) is 23.5 Å². The molecule has 0 fully saturated rings. The Morgan fingerprint density at radius 2 is 1.94 bits per heavy atom. The van der Waals surface area contributed by atoms with Crippen LogP contribution in [0.5, 0.6) is 17.2 Å². The van der Waals surface area contributed by atoms with Crippen molar-refractivity contribution in [3.8, 4) is 23.3 Å². The number of rotatable bonds is 8. The molecule has 0 unspecified atom stereocenters. The van der Waals surface area contributed by atoms with Gasteiger partial charge < -0.3 is 23.9 Å². The van der Waals surface area contributed by atoms with Gasteiger partial charge in [0.2, 0.25) is 0 Å². The van der Waals surface area contributed by atoms with E-state index >= 15 is 0 Å². The number of nitrogens with one attached hydrogen (secondary N) is 1. The molecule has 0 aliphatic carbocycles. The summed E-state index contributed by atoms with van der Waals surface area (Å²) in [5.74, 6) is 2.33. The fourth-order valence-corrected chi connectivity index (χ4v) is 3.48. The van der Waals surface area contributed by atoms with E-state index in [0.29, 0.717) is 64.2 Å². The molecule has 0 saturated carbocycles. The van der Waals surface area contributed by atoms with E-state index in [9.17, 15) is 5.26 Å². The third-order valence-electron chi connectivity index (χ3n) is 4.87. The molecule has 0 spiro atoms. The third-order valence-corrected chi connectivity index (χ3v) is 5.13. The number of ether oxygens (including phenoxy) is 3. The molecule has 2 aromatic heterocycles. The lowest BCUT2D eigenvalue weighted by molar-refractivity contribution is 0.295. The zero-order valence-corrected chi connectivity index (χ0v) is 17.8. The van der Waals surface area contributed by atoms with Crippen molar-refractivity contribution in [1.82, 2.24) is 4.98 Å². The summed E-state index contributed by atoms with van der Waals surface area (Å²) in [6.45, 7) is 0.467. The first-order chi connectivity index (χ1) is 15.2. The number of nitrogens with zero attached hydrogens (tertiary/aromatic N) is 2. The predicted octanol–water partition coefficient (Wildman–Crippen LogP) is 5.62. The van der Waals surface area contributed by atoms with Crippen molar-refractivity contribution in [2.75, 3.05) is 32.0 Å². The van der Waals surface area contributed by atoms with Gasteiger partial charge in [0.1, 0.15) is 11.8 Å². The van der Waals surface area contributed by atoms with Crippen molar-refractivity contribution >= 4 is 44.8 Å². The molecular formula is C23H20ClN3O4. The average Bonchev–Trinajstić information content (AvgIpc) is 3.29. The minimum Gasteiger partial charge on any atom is -0.496 e. The van der Waals surface area contributed by atoms with Gasteiger partial charge in [-0.1, -0.05) is 0 Å². The number of nitriles is 1. The van der Waals surface area contributed by atoms with Crippen LogP contribution in [0.3, 0.4) is 0 Å². The average molecular weight is 438 g/mol.